The van der Waals surface area contributed by atoms with Gasteiger partial charge in [0.2, 0.25) is 5.91 Å². The van der Waals surface area contributed by atoms with Crippen molar-refractivity contribution < 1.29 is 9.59 Å². The molecule has 0 N–H and O–H groups in total. The fraction of sp³-hybridized carbons (Fsp3) is 0.733. The van der Waals surface area contributed by atoms with Gasteiger partial charge in [-0.25, -0.2) is 0 Å². The van der Waals surface area contributed by atoms with Crippen molar-refractivity contribution in [1.82, 2.24) is 4.90 Å². The molecule has 1 aliphatic carbocycles. The lowest BCUT2D eigenvalue weighted by Gasteiger charge is -2.33. The van der Waals surface area contributed by atoms with Crippen LogP contribution >= 0.6 is 11.8 Å². The molecule has 0 aromatic carbocycles. The number of hydrogen-bond donors (Lipinski definition) is 0. The van der Waals surface area contributed by atoms with Crippen molar-refractivity contribution >= 4 is 23.5 Å². The number of hydrogen-bond acceptors (Lipinski definition) is 3. The quantitative estimate of drug-likeness (QED) is 0.728. The molecule has 108 valence electrons. The van der Waals surface area contributed by atoms with Crippen molar-refractivity contribution in [3.8, 4) is 0 Å². The number of carbonyl (C=O) groups excluding carboxylic acids is 2. The highest BCUT2D eigenvalue weighted by Gasteiger charge is 2.34. The van der Waals surface area contributed by atoms with E-state index >= 15 is 0 Å². The summed E-state index contributed by atoms with van der Waals surface area (Å²) in [5, 5.41) is 0.331. The average Bonchev–Trinajstić information content (AvgIpc) is 2.33. The van der Waals surface area contributed by atoms with Gasteiger partial charge in [-0.3, -0.25) is 9.59 Å². The largest absolute Gasteiger partial charge is 0.349 e. The molecule has 4 heteroatoms. The van der Waals surface area contributed by atoms with Gasteiger partial charge in [-0.2, -0.15) is 11.8 Å². The minimum atomic E-state index is 0.107. The number of ketones is 1. The Morgan fingerprint density at radius 1 is 1.47 bits per heavy atom. The molecule has 2 unspecified atom stereocenters. The van der Waals surface area contributed by atoms with Gasteiger partial charge in [0, 0.05) is 43.9 Å². The molecule has 1 fully saturated rings. The number of Topliss-reactive ketones (excluding diaryl/α,β-unsaturated/α-hetero) is 1. The number of thioether (sulfide) groups is 1. The van der Waals surface area contributed by atoms with E-state index < -0.39 is 0 Å². The molecule has 19 heavy (non-hydrogen) atoms. The van der Waals surface area contributed by atoms with Crippen LogP contribution in [0.2, 0.25) is 0 Å². The second-order valence-electron chi connectivity index (χ2n) is 5.69. The molecule has 3 atom stereocenters. The molecule has 0 spiro atoms. The Hall–Kier alpha value is -0.770. The molecule has 0 radical (unpaired) electrons. The Balaban J connectivity index is 2.48. The fourth-order valence-corrected chi connectivity index (χ4v) is 3.72. The Bertz CT molecular complexity index is 365. The van der Waals surface area contributed by atoms with E-state index in [1.54, 1.807) is 30.8 Å². The van der Waals surface area contributed by atoms with Crippen LogP contribution in [-0.2, 0) is 9.59 Å². The van der Waals surface area contributed by atoms with Gasteiger partial charge in [-0.1, -0.05) is 19.1 Å². The van der Waals surface area contributed by atoms with Crippen LogP contribution in [-0.4, -0.2) is 41.7 Å². The second kappa shape index (κ2) is 7.13. The highest BCUT2D eigenvalue weighted by Crippen LogP contribution is 2.37. The molecule has 0 aromatic heterocycles. The standard InChI is InChI=1S/C15H25NO2S/c1-10(2)12-8-13(17)11(3)14(9-12)19-7-6-15(18)16(4)5/h11-12,14H,1,6-9H2,2-5H3/t11?,12-,14?/m1/s1. The van der Waals surface area contributed by atoms with E-state index in [-0.39, 0.29) is 11.8 Å². The first-order chi connectivity index (χ1) is 8.82. The summed E-state index contributed by atoms with van der Waals surface area (Å²) in [5.41, 5.74) is 1.11. The number of nitrogens with zero attached hydrogens (tertiary/aromatic N) is 1. The summed E-state index contributed by atoms with van der Waals surface area (Å²) in [5.74, 6) is 1.72. The maximum atomic E-state index is 12.0. The van der Waals surface area contributed by atoms with Crippen LogP contribution in [0.3, 0.4) is 0 Å². The van der Waals surface area contributed by atoms with Crippen molar-refractivity contribution in [3.63, 3.8) is 0 Å². The zero-order valence-corrected chi connectivity index (χ0v) is 13.3. The van der Waals surface area contributed by atoms with Crippen LogP contribution in [0.15, 0.2) is 12.2 Å². The van der Waals surface area contributed by atoms with E-state index in [9.17, 15) is 9.59 Å². The van der Waals surface area contributed by atoms with Gasteiger partial charge in [-0.05, 0) is 19.3 Å². The van der Waals surface area contributed by atoms with Crippen LogP contribution in [0, 0.1) is 11.8 Å². The predicted molar refractivity (Wildman–Crippen MR) is 81.3 cm³/mol. The van der Waals surface area contributed by atoms with Crippen LogP contribution in [0.4, 0.5) is 0 Å². The monoisotopic (exact) mass is 283 g/mol. The van der Waals surface area contributed by atoms with E-state index in [0.29, 0.717) is 29.8 Å². The Morgan fingerprint density at radius 2 is 2.11 bits per heavy atom. The third-order valence-electron chi connectivity index (χ3n) is 3.87. The summed E-state index contributed by atoms with van der Waals surface area (Å²) in [6, 6.07) is 0. The first kappa shape index (κ1) is 16.3. The molecular formula is C15H25NO2S. The van der Waals surface area contributed by atoms with E-state index in [4.69, 9.17) is 0 Å². The summed E-state index contributed by atoms with van der Waals surface area (Å²) in [4.78, 5) is 25.1. The first-order valence-electron chi connectivity index (χ1n) is 6.82. The Labute approximate surface area is 120 Å². The maximum Gasteiger partial charge on any atom is 0.222 e. The van der Waals surface area contributed by atoms with Gasteiger partial charge < -0.3 is 4.90 Å². The summed E-state index contributed by atoms with van der Waals surface area (Å²) in [6.07, 6.45) is 2.21. The summed E-state index contributed by atoms with van der Waals surface area (Å²) < 4.78 is 0. The topological polar surface area (TPSA) is 37.4 Å². The first-order valence-corrected chi connectivity index (χ1v) is 7.87. The van der Waals surface area contributed by atoms with Crippen LogP contribution in [0.1, 0.15) is 33.1 Å². The molecule has 0 heterocycles. The predicted octanol–water partition coefficient (Wildman–Crippen LogP) is 2.76. The van der Waals surface area contributed by atoms with Crippen LogP contribution in [0.25, 0.3) is 0 Å². The van der Waals surface area contributed by atoms with Crippen molar-refractivity contribution in [3.05, 3.63) is 12.2 Å². The average molecular weight is 283 g/mol. The van der Waals surface area contributed by atoms with Gasteiger partial charge in [0.1, 0.15) is 5.78 Å². The molecule has 3 nitrogen and oxygen atoms in total. The lowest BCUT2D eigenvalue weighted by molar-refractivity contribution is -0.128. The molecular weight excluding hydrogens is 258 g/mol. The Morgan fingerprint density at radius 3 is 2.63 bits per heavy atom. The van der Waals surface area contributed by atoms with Crippen molar-refractivity contribution in [2.75, 3.05) is 19.8 Å². The Kier molecular flexibility index (Phi) is 6.11. The highest BCUT2D eigenvalue weighted by atomic mass is 32.2. The van der Waals surface area contributed by atoms with Crippen LogP contribution in [0.5, 0.6) is 0 Å². The van der Waals surface area contributed by atoms with Gasteiger partial charge in [0.05, 0.1) is 0 Å². The van der Waals surface area contributed by atoms with E-state index in [2.05, 4.69) is 6.58 Å². The molecule has 0 aromatic rings. The number of rotatable bonds is 5. The summed E-state index contributed by atoms with van der Waals surface area (Å²) in [6.45, 7) is 8.00. The van der Waals surface area contributed by atoms with E-state index in [1.165, 1.54) is 0 Å². The van der Waals surface area contributed by atoms with Gasteiger partial charge >= 0.3 is 0 Å². The zero-order valence-electron chi connectivity index (χ0n) is 12.4. The van der Waals surface area contributed by atoms with Crippen molar-refractivity contribution in [1.29, 1.82) is 0 Å². The van der Waals surface area contributed by atoms with E-state index in [0.717, 1.165) is 17.7 Å². The third-order valence-corrected chi connectivity index (χ3v) is 5.34. The molecule has 1 aliphatic rings. The fourth-order valence-electron chi connectivity index (χ4n) is 2.31. The highest BCUT2D eigenvalue weighted by molar-refractivity contribution is 7.99. The number of carbonyl (C=O) groups is 2. The van der Waals surface area contributed by atoms with Gasteiger partial charge in [0.15, 0.2) is 0 Å². The van der Waals surface area contributed by atoms with Crippen molar-refractivity contribution in [2.24, 2.45) is 11.8 Å². The van der Waals surface area contributed by atoms with Gasteiger partial charge in [0.25, 0.3) is 0 Å². The summed E-state index contributed by atoms with van der Waals surface area (Å²) >= 11 is 1.77. The molecule has 1 amide bonds. The normalized spacial score (nSPS) is 27.2. The lowest BCUT2D eigenvalue weighted by atomic mass is 9.79. The lowest BCUT2D eigenvalue weighted by Crippen LogP contribution is -2.34. The maximum absolute atomic E-state index is 12.0. The minimum absolute atomic E-state index is 0.107. The summed E-state index contributed by atoms with van der Waals surface area (Å²) in [7, 11) is 3.55. The van der Waals surface area contributed by atoms with E-state index in [1.807, 2.05) is 13.8 Å². The van der Waals surface area contributed by atoms with Crippen molar-refractivity contribution in [2.45, 2.75) is 38.4 Å². The molecule has 0 saturated heterocycles. The number of allylic oxidation sites excluding steroid dienone is 1. The molecule has 0 aliphatic heterocycles. The SMILES string of the molecule is C=C(C)[C@@H]1CC(=O)C(C)C(SCCC(=O)N(C)C)C1. The second-order valence-corrected chi connectivity index (χ2v) is 7.03. The zero-order chi connectivity index (χ0) is 14.6. The number of amides is 1. The van der Waals surface area contributed by atoms with Crippen LogP contribution < -0.4 is 0 Å². The minimum Gasteiger partial charge on any atom is -0.349 e. The third kappa shape index (κ3) is 4.68. The molecule has 1 saturated carbocycles. The van der Waals surface area contributed by atoms with Gasteiger partial charge in [-0.15, -0.1) is 0 Å². The molecule has 0 bridgehead atoms. The smallest absolute Gasteiger partial charge is 0.222 e. The molecule has 1 rings (SSSR count).